The predicted molar refractivity (Wildman–Crippen MR) is 198 cm³/mol. The lowest BCUT2D eigenvalue weighted by atomic mass is 9.49. The van der Waals surface area contributed by atoms with Gasteiger partial charge in [-0.05, 0) is 67.7 Å². The Morgan fingerprint density at radius 2 is 1.62 bits per heavy atom. The van der Waals surface area contributed by atoms with Crippen molar-refractivity contribution in [1.82, 2.24) is 0 Å². The molecule has 1 spiro atoms. The zero-order valence-corrected chi connectivity index (χ0v) is 35.5. The van der Waals surface area contributed by atoms with Crippen molar-refractivity contribution in [2.75, 3.05) is 20.8 Å². The van der Waals surface area contributed by atoms with E-state index in [9.17, 15) is 14.7 Å². The summed E-state index contributed by atoms with van der Waals surface area (Å²) < 4.78 is 45.1. The Labute approximate surface area is 303 Å². The van der Waals surface area contributed by atoms with E-state index in [0.29, 0.717) is 12.8 Å². The molecule has 12 heteroatoms. The largest absolute Gasteiger partial charge is 0.511 e. The summed E-state index contributed by atoms with van der Waals surface area (Å²) in [6.45, 7) is 28.5. The molecule has 1 heterocycles. The highest BCUT2D eigenvalue weighted by molar-refractivity contribution is 6.74. The number of hydrogen-bond acceptors (Lipinski definition) is 10. The Kier molecular flexibility index (Phi) is 11.7. The van der Waals surface area contributed by atoms with Crippen molar-refractivity contribution in [1.29, 1.82) is 0 Å². The minimum Gasteiger partial charge on any atom is -0.511 e. The average Bonchev–Trinajstić information content (AvgIpc) is 3.36. The van der Waals surface area contributed by atoms with Crippen LogP contribution in [0.4, 0.5) is 4.79 Å². The van der Waals surface area contributed by atoms with Gasteiger partial charge >= 0.3 is 12.1 Å². The van der Waals surface area contributed by atoms with Crippen molar-refractivity contribution in [3.05, 3.63) is 22.5 Å². The van der Waals surface area contributed by atoms with E-state index in [-0.39, 0.29) is 41.6 Å². The van der Waals surface area contributed by atoms with E-state index < -0.39 is 69.4 Å². The van der Waals surface area contributed by atoms with Gasteiger partial charge in [0.05, 0.1) is 49.6 Å². The molecule has 286 valence electrons. The van der Waals surface area contributed by atoms with Crippen molar-refractivity contribution in [2.24, 2.45) is 16.7 Å². The number of rotatable bonds is 12. The average molecular weight is 739 g/mol. The minimum atomic E-state index is -2.34. The molecule has 10 nitrogen and oxygen atoms in total. The lowest BCUT2D eigenvalue weighted by Crippen LogP contribution is -2.68. The van der Waals surface area contributed by atoms with Gasteiger partial charge in [0, 0.05) is 30.8 Å². The van der Waals surface area contributed by atoms with Gasteiger partial charge in [-0.2, -0.15) is 0 Å². The highest BCUT2D eigenvalue weighted by atomic mass is 28.4. The van der Waals surface area contributed by atoms with Gasteiger partial charge in [-0.3, -0.25) is 0 Å². The van der Waals surface area contributed by atoms with Gasteiger partial charge in [-0.25, -0.2) is 9.59 Å². The van der Waals surface area contributed by atoms with E-state index in [1.54, 1.807) is 7.11 Å². The van der Waals surface area contributed by atoms with Crippen molar-refractivity contribution in [3.63, 3.8) is 0 Å². The number of carbonyl (C=O) groups is 2. The van der Waals surface area contributed by atoms with Crippen LogP contribution in [-0.4, -0.2) is 90.8 Å². The molecule has 2 bridgehead atoms. The van der Waals surface area contributed by atoms with E-state index in [2.05, 4.69) is 82.3 Å². The lowest BCUT2D eigenvalue weighted by molar-refractivity contribution is -0.177. The van der Waals surface area contributed by atoms with Gasteiger partial charge in [-0.15, -0.1) is 0 Å². The van der Waals surface area contributed by atoms with Crippen molar-refractivity contribution in [2.45, 2.75) is 168 Å². The molecule has 1 unspecified atom stereocenters. The molecule has 4 aliphatic rings. The minimum absolute atomic E-state index is 0.0697. The SMILES string of the molecule is CC[Si](CC)(CC)O[C@@H]1C[C@]2(C)[C@@H](OCC(C)OC)CC(C(=O)OC)=C(O)[C@H]2[C@@H]2OC(=O)O[C@]23C[C@H](O[Si](C)(C)C(C)(C)C)C(C)=C1C3(C)C. The Balaban J connectivity index is 2.10. The maximum Gasteiger partial charge on any atom is 0.509 e. The third kappa shape index (κ3) is 6.67. The summed E-state index contributed by atoms with van der Waals surface area (Å²) >= 11 is 0. The smallest absolute Gasteiger partial charge is 0.509 e. The second-order valence-corrected chi connectivity index (χ2v) is 27.0. The summed E-state index contributed by atoms with van der Waals surface area (Å²) in [5.74, 6) is -1.64. The quantitative estimate of drug-likeness (QED) is 0.118. The number of hydrogen-bond donors (Lipinski definition) is 1. The Hall–Kier alpha value is -1.71. The predicted octanol–water partition coefficient (Wildman–Crippen LogP) is 8.62. The van der Waals surface area contributed by atoms with Gasteiger partial charge < -0.3 is 37.6 Å². The van der Waals surface area contributed by atoms with Gasteiger partial charge in [0.25, 0.3) is 0 Å². The molecule has 1 saturated heterocycles. The molecule has 1 N–H and O–H groups in total. The molecule has 0 aromatic heterocycles. The summed E-state index contributed by atoms with van der Waals surface area (Å²) in [6.07, 6.45) is -2.39. The van der Waals surface area contributed by atoms with Crippen LogP contribution in [0.5, 0.6) is 0 Å². The van der Waals surface area contributed by atoms with Crippen LogP contribution in [0.2, 0.25) is 36.3 Å². The van der Waals surface area contributed by atoms with Crippen LogP contribution in [0.3, 0.4) is 0 Å². The first kappa shape index (κ1) is 41.1. The zero-order chi connectivity index (χ0) is 37.8. The standard InChI is InChI=1S/C38H66O10Si2/c1-16-50(17-2,18-3)48-27-20-37(11)28(44-22-23(4)42-12)19-25(33(40)43-13)31(39)30(37)32-38(46-34(41)45-32)21-26(24(5)29(27)36(38,9)10)47-49(14,15)35(6,7)8/h23,26-28,30,32,39H,16-22H2,1-15H3/t23?,26-,27+,28-,30-,32-,37+,38+/m0/s1. The molecule has 1 aliphatic heterocycles. The maximum atomic E-state index is 13.6. The monoisotopic (exact) mass is 738 g/mol. The van der Waals surface area contributed by atoms with E-state index in [4.69, 9.17) is 32.5 Å². The Morgan fingerprint density at radius 3 is 2.14 bits per heavy atom. The van der Waals surface area contributed by atoms with Gasteiger partial charge in [0.1, 0.15) is 5.76 Å². The van der Waals surface area contributed by atoms with Crippen LogP contribution >= 0.6 is 0 Å². The highest BCUT2D eigenvalue weighted by Gasteiger charge is 2.73. The van der Waals surface area contributed by atoms with Crippen LogP contribution in [0.15, 0.2) is 22.5 Å². The third-order valence-corrected chi connectivity index (χ3v) is 22.8. The van der Waals surface area contributed by atoms with Crippen LogP contribution in [0.25, 0.3) is 0 Å². The number of esters is 1. The Bertz CT molecular complexity index is 1350. The molecule has 0 radical (unpaired) electrons. The molecule has 50 heavy (non-hydrogen) atoms. The number of aliphatic hydroxyl groups is 1. The van der Waals surface area contributed by atoms with Gasteiger partial charge in [0.2, 0.25) is 0 Å². The first-order valence-electron chi connectivity index (χ1n) is 18.7. The van der Waals surface area contributed by atoms with Crippen LogP contribution in [-0.2, 0) is 37.3 Å². The maximum absolute atomic E-state index is 13.6. The molecule has 0 aromatic carbocycles. The number of ether oxygens (including phenoxy) is 5. The number of fused-ring (bicyclic) bond motifs is 3. The zero-order valence-electron chi connectivity index (χ0n) is 33.5. The molecule has 2 fully saturated rings. The number of methoxy groups -OCH3 is 2. The highest BCUT2D eigenvalue weighted by Crippen LogP contribution is 2.65. The van der Waals surface area contributed by atoms with Gasteiger partial charge in [-0.1, -0.05) is 62.3 Å². The molecule has 4 rings (SSSR count). The van der Waals surface area contributed by atoms with Crippen LogP contribution in [0, 0.1) is 16.7 Å². The fourth-order valence-electron chi connectivity index (χ4n) is 9.06. The number of aliphatic hydroxyl groups excluding tert-OH is 1. The lowest BCUT2D eigenvalue weighted by Gasteiger charge is -2.61. The molecule has 8 atom stereocenters. The molecular formula is C38H66O10Si2. The van der Waals surface area contributed by atoms with Crippen molar-refractivity contribution in [3.8, 4) is 0 Å². The molecule has 1 saturated carbocycles. The van der Waals surface area contributed by atoms with E-state index in [0.717, 1.165) is 29.3 Å². The molecule has 3 aliphatic carbocycles. The second kappa shape index (κ2) is 14.3. The van der Waals surface area contributed by atoms with E-state index in [1.807, 2.05) is 6.92 Å². The first-order chi connectivity index (χ1) is 23.0. The molecule has 0 aromatic rings. The summed E-state index contributed by atoms with van der Waals surface area (Å²) in [7, 11) is -1.66. The van der Waals surface area contributed by atoms with E-state index in [1.165, 1.54) is 7.11 Å². The van der Waals surface area contributed by atoms with Gasteiger partial charge in [0.15, 0.2) is 28.3 Å². The van der Waals surface area contributed by atoms with Crippen molar-refractivity contribution >= 4 is 28.8 Å². The fourth-order valence-corrected chi connectivity index (χ4v) is 13.2. The van der Waals surface area contributed by atoms with Crippen LogP contribution in [0.1, 0.15) is 95.4 Å². The topological polar surface area (TPSA) is 119 Å². The summed E-state index contributed by atoms with van der Waals surface area (Å²) in [5.41, 5.74) is -0.599. The fraction of sp³-hybridized carbons (Fsp3) is 0.842. The second-order valence-electron chi connectivity index (χ2n) is 17.5. The summed E-state index contributed by atoms with van der Waals surface area (Å²) in [5, 5.41) is 12.3. The Morgan fingerprint density at radius 1 is 1.02 bits per heavy atom. The van der Waals surface area contributed by atoms with Crippen LogP contribution < -0.4 is 0 Å². The molecule has 0 amide bonds. The summed E-state index contributed by atoms with van der Waals surface area (Å²) in [4.78, 5) is 27.0. The third-order valence-electron chi connectivity index (χ3n) is 13.7. The molecular weight excluding hydrogens is 673 g/mol. The first-order valence-corrected chi connectivity index (χ1v) is 24.1. The van der Waals surface area contributed by atoms with E-state index >= 15 is 0 Å². The van der Waals surface area contributed by atoms with Crippen molar-refractivity contribution < 1.29 is 47.2 Å². The normalized spacial score (nSPS) is 33.5. The summed E-state index contributed by atoms with van der Waals surface area (Å²) in [6, 6.07) is 2.84. The number of carbonyl (C=O) groups excluding carboxylic acids is 2.